The first-order valence-corrected chi connectivity index (χ1v) is 10.1. The second kappa shape index (κ2) is 9.93. The first-order chi connectivity index (χ1) is 14.5. The fourth-order valence-electron chi connectivity index (χ4n) is 2.67. The van der Waals surface area contributed by atoms with Gasteiger partial charge in [0.2, 0.25) is 5.91 Å². The molecule has 0 radical (unpaired) electrons. The van der Waals surface area contributed by atoms with Crippen molar-refractivity contribution < 1.29 is 18.7 Å². The van der Waals surface area contributed by atoms with Crippen molar-refractivity contribution in [3.63, 3.8) is 0 Å². The van der Waals surface area contributed by atoms with Crippen LogP contribution >= 0.6 is 11.8 Å². The topological polar surface area (TPSA) is 67.4 Å². The summed E-state index contributed by atoms with van der Waals surface area (Å²) in [5.41, 5.74) is 1.18. The van der Waals surface area contributed by atoms with Crippen LogP contribution in [0.4, 0.5) is 15.8 Å². The van der Waals surface area contributed by atoms with Crippen LogP contribution in [0.3, 0.4) is 0 Å². The van der Waals surface area contributed by atoms with E-state index >= 15 is 0 Å². The summed E-state index contributed by atoms with van der Waals surface area (Å²) in [6, 6.07) is 20.0. The Morgan fingerprint density at radius 1 is 0.933 bits per heavy atom. The molecule has 2 N–H and O–H groups in total. The molecule has 3 aromatic carbocycles. The standard InChI is InChI=1S/C23H21FN2O3S/c1-15(22(27)25-16-10-12-18(29-2)13-11-16)30-19-7-5-6-17(14-19)26-23(28)20-8-3-4-9-21(20)24/h3-15H,1-2H3,(H,25,27)(H,26,28). The molecule has 1 unspecified atom stereocenters. The molecule has 5 nitrogen and oxygen atoms in total. The van der Waals surface area contributed by atoms with Gasteiger partial charge in [-0.2, -0.15) is 0 Å². The maximum Gasteiger partial charge on any atom is 0.258 e. The molecule has 2 amide bonds. The average molecular weight is 424 g/mol. The average Bonchev–Trinajstić information content (AvgIpc) is 2.74. The Morgan fingerprint density at radius 2 is 1.67 bits per heavy atom. The van der Waals surface area contributed by atoms with Crippen LogP contribution in [-0.4, -0.2) is 24.2 Å². The summed E-state index contributed by atoms with van der Waals surface area (Å²) in [4.78, 5) is 25.6. The lowest BCUT2D eigenvalue weighted by Gasteiger charge is -2.13. The summed E-state index contributed by atoms with van der Waals surface area (Å²) in [5, 5.41) is 5.18. The molecule has 3 aromatic rings. The summed E-state index contributed by atoms with van der Waals surface area (Å²) in [6.07, 6.45) is 0. The molecule has 0 aromatic heterocycles. The third-order valence-electron chi connectivity index (χ3n) is 4.25. The van der Waals surface area contributed by atoms with Crippen molar-refractivity contribution in [2.24, 2.45) is 0 Å². The highest BCUT2D eigenvalue weighted by atomic mass is 32.2. The van der Waals surface area contributed by atoms with Crippen LogP contribution in [0.2, 0.25) is 0 Å². The normalized spacial score (nSPS) is 11.4. The van der Waals surface area contributed by atoms with Crippen molar-refractivity contribution in [3.8, 4) is 5.75 Å². The Hall–Kier alpha value is -3.32. The first-order valence-electron chi connectivity index (χ1n) is 9.24. The fraction of sp³-hybridized carbons (Fsp3) is 0.130. The lowest BCUT2D eigenvalue weighted by molar-refractivity contribution is -0.115. The van der Waals surface area contributed by atoms with Crippen molar-refractivity contribution in [1.29, 1.82) is 0 Å². The lowest BCUT2D eigenvalue weighted by Crippen LogP contribution is -2.22. The van der Waals surface area contributed by atoms with Gasteiger partial charge in [-0.1, -0.05) is 18.2 Å². The number of halogens is 1. The maximum absolute atomic E-state index is 13.8. The molecule has 0 saturated carbocycles. The molecule has 3 rings (SSSR count). The Morgan fingerprint density at radius 3 is 2.37 bits per heavy atom. The number of hydrogen-bond acceptors (Lipinski definition) is 4. The number of methoxy groups -OCH3 is 1. The number of anilines is 2. The van der Waals surface area contributed by atoms with Crippen LogP contribution in [0.5, 0.6) is 5.75 Å². The minimum Gasteiger partial charge on any atom is -0.497 e. The number of amides is 2. The molecule has 0 aliphatic carbocycles. The summed E-state index contributed by atoms with van der Waals surface area (Å²) < 4.78 is 18.9. The van der Waals surface area contributed by atoms with Crippen LogP contribution < -0.4 is 15.4 Å². The molecule has 30 heavy (non-hydrogen) atoms. The monoisotopic (exact) mass is 424 g/mol. The molecular weight excluding hydrogens is 403 g/mol. The van der Waals surface area contributed by atoms with Gasteiger partial charge in [0.1, 0.15) is 11.6 Å². The Balaban J connectivity index is 1.61. The van der Waals surface area contributed by atoms with Crippen molar-refractivity contribution in [2.75, 3.05) is 17.7 Å². The molecule has 0 aliphatic heterocycles. The number of rotatable bonds is 7. The summed E-state index contributed by atoms with van der Waals surface area (Å²) in [6.45, 7) is 1.80. The predicted octanol–water partition coefficient (Wildman–Crippen LogP) is 5.21. The van der Waals surface area contributed by atoms with Gasteiger partial charge in [-0.3, -0.25) is 9.59 Å². The van der Waals surface area contributed by atoms with E-state index in [4.69, 9.17) is 4.74 Å². The number of thioether (sulfide) groups is 1. The van der Waals surface area contributed by atoms with E-state index in [2.05, 4.69) is 10.6 Å². The Bertz CT molecular complexity index is 1040. The van der Waals surface area contributed by atoms with E-state index in [-0.39, 0.29) is 16.7 Å². The molecule has 1 atom stereocenters. The molecular formula is C23H21FN2O3S. The second-order valence-corrected chi connectivity index (χ2v) is 7.85. The highest BCUT2D eigenvalue weighted by molar-refractivity contribution is 8.00. The van der Waals surface area contributed by atoms with Gasteiger partial charge in [-0.15, -0.1) is 11.8 Å². The first kappa shape index (κ1) is 21.4. The third-order valence-corrected chi connectivity index (χ3v) is 5.34. The van der Waals surface area contributed by atoms with Gasteiger partial charge in [0, 0.05) is 16.3 Å². The van der Waals surface area contributed by atoms with Crippen LogP contribution in [-0.2, 0) is 4.79 Å². The third kappa shape index (κ3) is 5.61. The van der Waals surface area contributed by atoms with Gasteiger partial charge >= 0.3 is 0 Å². The second-order valence-electron chi connectivity index (χ2n) is 6.44. The number of carbonyl (C=O) groups excluding carboxylic acids is 2. The van der Waals surface area contributed by atoms with Crippen LogP contribution in [0.15, 0.2) is 77.7 Å². The van der Waals surface area contributed by atoms with Gasteiger partial charge in [-0.05, 0) is 61.5 Å². The van der Waals surface area contributed by atoms with Gasteiger partial charge in [0.15, 0.2) is 0 Å². The van der Waals surface area contributed by atoms with Crippen molar-refractivity contribution in [1.82, 2.24) is 0 Å². The van der Waals surface area contributed by atoms with Crippen LogP contribution in [0.25, 0.3) is 0 Å². The summed E-state index contributed by atoms with van der Waals surface area (Å²) in [5.74, 6) is -0.541. The van der Waals surface area contributed by atoms with E-state index in [1.165, 1.54) is 30.0 Å². The van der Waals surface area contributed by atoms with E-state index < -0.39 is 11.7 Å². The van der Waals surface area contributed by atoms with Gasteiger partial charge in [-0.25, -0.2) is 4.39 Å². The molecule has 0 saturated heterocycles. The minimum atomic E-state index is -0.579. The zero-order valence-electron chi connectivity index (χ0n) is 16.5. The number of hydrogen-bond donors (Lipinski definition) is 2. The minimum absolute atomic E-state index is 0.0252. The lowest BCUT2D eigenvalue weighted by atomic mass is 10.2. The van der Waals surface area contributed by atoms with Crippen molar-refractivity contribution in [3.05, 3.63) is 84.2 Å². The van der Waals surface area contributed by atoms with Crippen LogP contribution in [0, 0.1) is 5.82 Å². The largest absolute Gasteiger partial charge is 0.497 e. The molecule has 154 valence electrons. The Labute approximate surface area is 178 Å². The van der Waals surface area contributed by atoms with E-state index in [0.717, 1.165) is 4.90 Å². The SMILES string of the molecule is COc1ccc(NC(=O)C(C)Sc2cccc(NC(=O)c3ccccc3F)c2)cc1. The predicted molar refractivity (Wildman–Crippen MR) is 118 cm³/mol. The number of ether oxygens (including phenoxy) is 1. The molecule has 0 fully saturated rings. The fourth-order valence-corrected chi connectivity index (χ4v) is 3.59. The molecule has 0 heterocycles. The smallest absolute Gasteiger partial charge is 0.258 e. The highest BCUT2D eigenvalue weighted by Crippen LogP contribution is 2.27. The highest BCUT2D eigenvalue weighted by Gasteiger charge is 2.16. The van der Waals surface area contributed by atoms with Gasteiger partial charge < -0.3 is 15.4 Å². The van der Waals surface area contributed by atoms with Crippen molar-refractivity contribution >= 4 is 35.0 Å². The van der Waals surface area contributed by atoms with Crippen molar-refractivity contribution in [2.45, 2.75) is 17.1 Å². The molecule has 7 heteroatoms. The number of carbonyl (C=O) groups is 2. The zero-order chi connectivity index (χ0) is 21.5. The van der Waals surface area contributed by atoms with Gasteiger partial charge in [0.05, 0.1) is 17.9 Å². The zero-order valence-corrected chi connectivity index (χ0v) is 17.3. The summed E-state index contributed by atoms with van der Waals surface area (Å²) >= 11 is 1.36. The Kier molecular flexibility index (Phi) is 7.08. The maximum atomic E-state index is 13.8. The van der Waals surface area contributed by atoms with Crippen LogP contribution in [0.1, 0.15) is 17.3 Å². The van der Waals surface area contributed by atoms with E-state index in [0.29, 0.717) is 17.1 Å². The molecule has 0 aliphatic rings. The number of benzene rings is 3. The molecule has 0 bridgehead atoms. The quantitative estimate of drug-likeness (QED) is 0.511. The van der Waals surface area contributed by atoms with E-state index in [1.54, 1.807) is 62.6 Å². The number of nitrogens with one attached hydrogen (secondary N) is 2. The van der Waals surface area contributed by atoms with Gasteiger partial charge in [0.25, 0.3) is 5.91 Å². The van der Waals surface area contributed by atoms with E-state index in [1.807, 2.05) is 6.07 Å². The molecule has 0 spiro atoms. The van der Waals surface area contributed by atoms with E-state index in [9.17, 15) is 14.0 Å². The summed E-state index contributed by atoms with van der Waals surface area (Å²) in [7, 11) is 1.58.